The first-order chi connectivity index (χ1) is 8.29. The molecule has 0 aliphatic rings. The highest BCUT2D eigenvalue weighted by Gasteiger charge is 2.11. The molecular weight excluding hydrogens is 208 g/mol. The van der Waals surface area contributed by atoms with Crippen molar-refractivity contribution in [3.05, 3.63) is 54.1 Å². The van der Waals surface area contributed by atoms with Crippen LogP contribution in [0.5, 0.6) is 0 Å². The molecule has 2 heteroatoms. The van der Waals surface area contributed by atoms with E-state index in [9.17, 15) is 0 Å². The maximum atomic E-state index is 8.94. The molecule has 17 heavy (non-hydrogen) atoms. The van der Waals surface area contributed by atoms with Gasteiger partial charge in [0.1, 0.15) is 7.05 Å². The van der Waals surface area contributed by atoms with Crippen LogP contribution < -0.4 is 4.57 Å². The Hall–Kier alpha value is -2.40. The van der Waals surface area contributed by atoms with Crippen molar-refractivity contribution in [2.75, 3.05) is 0 Å². The van der Waals surface area contributed by atoms with Gasteiger partial charge in [-0.1, -0.05) is 12.1 Å². The largest absolute Gasteiger partial charge is 0.214 e. The summed E-state index contributed by atoms with van der Waals surface area (Å²) in [5.41, 5.74) is 2.96. The first kappa shape index (κ1) is 9.80. The third kappa shape index (κ3) is 1.44. The lowest BCUT2D eigenvalue weighted by atomic mass is 10.1. The SMILES string of the molecule is C[n+]1c2ccccc2cc2ccc(C#N)cc21. The Morgan fingerprint density at radius 2 is 1.71 bits per heavy atom. The van der Waals surface area contributed by atoms with Crippen LogP contribution in [-0.4, -0.2) is 0 Å². The van der Waals surface area contributed by atoms with Crippen molar-refractivity contribution in [2.45, 2.75) is 0 Å². The van der Waals surface area contributed by atoms with Crippen molar-refractivity contribution in [1.29, 1.82) is 5.26 Å². The van der Waals surface area contributed by atoms with Gasteiger partial charge in [0.25, 0.3) is 0 Å². The van der Waals surface area contributed by atoms with Gasteiger partial charge in [-0.2, -0.15) is 9.83 Å². The number of aromatic nitrogens is 1. The minimum atomic E-state index is 0.698. The monoisotopic (exact) mass is 219 g/mol. The molecule has 3 aromatic rings. The lowest BCUT2D eigenvalue weighted by molar-refractivity contribution is -0.617. The number of nitrogens with zero attached hydrogens (tertiary/aromatic N) is 2. The predicted octanol–water partition coefficient (Wildman–Crippen LogP) is 2.69. The minimum Gasteiger partial charge on any atom is -0.194 e. The molecule has 0 bridgehead atoms. The molecule has 0 atom stereocenters. The number of nitriles is 1. The second-order valence-electron chi connectivity index (χ2n) is 4.15. The molecule has 0 unspecified atom stereocenters. The van der Waals surface area contributed by atoms with E-state index in [1.165, 1.54) is 10.9 Å². The first-order valence-corrected chi connectivity index (χ1v) is 5.51. The fraction of sp³-hybridized carbons (Fsp3) is 0.0667. The summed E-state index contributed by atoms with van der Waals surface area (Å²) in [5, 5.41) is 11.3. The van der Waals surface area contributed by atoms with Crippen LogP contribution in [0.25, 0.3) is 21.8 Å². The van der Waals surface area contributed by atoms with Gasteiger partial charge in [-0.15, -0.1) is 0 Å². The highest BCUT2D eigenvalue weighted by molar-refractivity contribution is 5.89. The molecule has 0 saturated carbocycles. The molecule has 3 rings (SSSR count). The Morgan fingerprint density at radius 1 is 0.941 bits per heavy atom. The van der Waals surface area contributed by atoms with Crippen molar-refractivity contribution < 1.29 is 4.57 Å². The van der Waals surface area contributed by atoms with Crippen molar-refractivity contribution in [3.63, 3.8) is 0 Å². The van der Waals surface area contributed by atoms with Crippen molar-refractivity contribution >= 4 is 21.8 Å². The molecule has 0 aliphatic heterocycles. The van der Waals surface area contributed by atoms with Crippen molar-refractivity contribution in [3.8, 4) is 6.07 Å². The standard InChI is InChI=1S/C15H11N2/c1-17-14-5-3-2-4-12(14)9-13-7-6-11(10-16)8-15(13)17/h2-9H,1H3/q+1. The molecule has 0 fully saturated rings. The molecule has 1 aromatic heterocycles. The second-order valence-corrected chi connectivity index (χ2v) is 4.15. The summed E-state index contributed by atoms with van der Waals surface area (Å²) in [6, 6.07) is 18.4. The van der Waals surface area contributed by atoms with Crippen molar-refractivity contribution in [1.82, 2.24) is 0 Å². The maximum Gasteiger partial charge on any atom is 0.214 e. The Labute approximate surface area is 99.3 Å². The van der Waals surface area contributed by atoms with Crippen LogP contribution in [0.2, 0.25) is 0 Å². The van der Waals surface area contributed by atoms with Gasteiger partial charge in [0.15, 0.2) is 0 Å². The summed E-state index contributed by atoms with van der Waals surface area (Å²) in [6.07, 6.45) is 0. The summed E-state index contributed by atoms with van der Waals surface area (Å²) in [7, 11) is 2.03. The van der Waals surface area contributed by atoms with Gasteiger partial charge in [-0.3, -0.25) is 0 Å². The first-order valence-electron chi connectivity index (χ1n) is 5.51. The lowest BCUT2D eigenvalue weighted by Crippen LogP contribution is -2.29. The number of aryl methyl sites for hydroxylation is 1. The van der Waals surface area contributed by atoms with E-state index in [0.717, 1.165) is 10.9 Å². The number of fused-ring (bicyclic) bond motifs is 2. The number of hydrogen-bond donors (Lipinski definition) is 0. The maximum absolute atomic E-state index is 8.94. The summed E-state index contributed by atoms with van der Waals surface area (Å²) in [6.45, 7) is 0. The van der Waals surface area contributed by atoms with Gasteiger partial charge in [0, 0.05) is 22.9 Å². The van der Waals surface area contributed by atoms with Crippen LogP contribution in [0.3, 0.4) is 0 Å². The molecule has 0 aliphatic carbocycles. The lowest BCUT2D eigenvalue weighted by Gasteiger charge is -2.01. The fourth-order valence-corrected chi connectivity index (χ4v) is 2.24. The van der Waals surface area contributed by atoms with E-state index in [-0.39, 0.29) is 0 Å². The smallest absolute Gasteiger partial charge is 0.194 e. The number of pyridine rings is 1. The van der Waals surface area contributed by atoms with Crippen LogP contribution in [0.15, 0.2) is 48.5 Å². The third-order valence-electron chi connectivity index (χ3n) is 3.13. The van der Waals surface area contributed by atoms with E-state index in [4.69, 9.17) is 5.26 Å². The molecule has 0 saturated heterocycles. The zero-order valence-corrected chi connectivity index (χ0v) is 9.51. The second kappa shape index (κ2) is 3.57. The Kier molecular flexibility index (Phi) is 2.06. The van der Waals surface area contributed by atoms with Gasteiger partial charge in [-0.05, 0) is 24.3 Å². The van der Waals surface area contributed by atoms with E-state index in [2.05, 4.69) is 28.8 Å². The van der Waals surface area contributed by atoms with E-state index >= 15 is 0 Å². The normalized spacial score (nSPS) is 10.6. The van der Waals surface area contributed by atoms with Crippen LogP contribution in [0.1, 0.15) is 5.56 Å². The van der Waals surface area contributed by atoms with E-state index < -0.39 is 0 Å². The fourth-order valence-electron chi connectivity index (χ4n) is 2.24. The molecule has 80 valence electrons. The van der Waals surface area contributed by atoms with Crippen LogP contribution >= 0.6 is 0 Å². The molecule has 0 amide bonds. The molecule has 2 aromatic carbocycles. The average Bonchev–Trinajstić information content (AvgIpc) is 2.39. The van der Waals surface area contributed by atoms with Crippen LogP contribution in [-0.2, 0) is 7.05 Å². The Bertz CT molecular complexity index is 767. The molecule has 0 radical (unpaired) electrons. The number of benzene rings is 2. The van der Waals surface area contributed by atoms with Gasteiger partial charge < -0.3 is 0 Å². The predicted molar refractivity (Wildman–Crippen MR) is 67.3 cm³/mol. The molecule has 1 heterocycles. The highest BCUT2D eigenvalue weighted by Crippen LogP contribution is 2.18. The summed E-state index contributed by atoms with van der Waals surface area (Å²) in [5.74, 6) is 0. The van der Waals surface area contributed by atoms with E-state index in [1.54, 1.807) is 0 Å². The molecule has 2 nitrogen and oxygen atoms in total. The van der Waals surface area contributed by atoms with E-state index in [1.807, 2.05) is 37.4 Å². The van der Waals surface area contributed by atoms with Crippen LogP contribution in [0, 0.1) is 11.3 Å². The summed E-state index contributed by atoms with van der Waals surface area (Å²) in [4.78, 5) is 0. The molecule has 0 spiro atoms. The quantitative estimate of drug-likeness (QED) is 0.422. The number of para-hydroxylation sites is 1. The van der Waals surface area contributed by atoms with Crippen molar-refractivity contribution in [2.24, 2.45) is 7.05 Å². The molecular formula is C15H11N2+. The van der Waals surface area contributed by atoms with E-state index in [0.29, 0.717) is 5.56 Å². The Morgan fingerprint density at radius 3 is 2.53 bits per heavy atom. The van der Waals surface area contributed by atoms with Gasteiger partial charge >= 0.3 is 0 Å². The van der Waals surface area contributed by atoms with Gasteiger partial charge in [-0.25, -0.2) is 0 Å². The highest BCUT2D eigenvalue weighted by atomic mass is 14.9. The zero-order valence-electron chi connectivity index (χ0n) is 9.51. The van der Waals surface area contributed by atoms with Gasteiger partial charge in [0.2, 0.25) is 11.0 Å². The minimum absolute atomic E-state index is 0.698. The zero-order chi connectivity index (χ0) is 11.8. The third-order valence-corrected chi connectivity index (χ3v) is 3.13. The Balaban J connectivity index is 2.52. The summed E-state index contributed by atoms with van der Waals surface area (Å²) >= 11 is 0. The van der Waals surface area contributed by atoms with Crippen LogP contribution in [0.4, 0.5) is 0 Å². The van der Waals surface area contributed by atoms with Gasteiger partial charge in [0.05, 0.1) is 11.6 Å². The number of rotatable bonds is 0. The summed E-state index contributed by atoms with van der Waals surface area (Å²) < 4.78 is 2.13. The topological polar surface area (TPSA) is 27.7 Å². The average molecular weight is 219 g/mol. The molecule has 0 N–H and O–H groups in total. The number of hydrogen-bond acceptors (Lipinski definition) is 1.